The molecule has 8 nitrogen and oxygen atoms in total. The number of benzene rings is 1. The second-order valence-corrected chi connectivity index (χ2v) is 6.88. The number of rotatable bonds is 8. The van der Waals surface area contributed by atoms with Crippen molar-refractivity contribution in [2.75, 3.05) is 45.9 Å². The molecule has 3 rings (SSSR count). The highest BCUT2D eigenvalue weighted by Gasteiger charge is 2.38. The minimum atomic E-state index is -0.858. The Balaban J connectivity index is 1.41. The van der Waals surface area contributed by atoms with Gasteiger partial charge in [-0.1, -0.05) is 12.1 Å². The number of halogens is 1. The first-order valence-corrected chi connectivity index (χ1v) is 9.46. The third kappa shape index (κ3) is 5.49. The average molecular weight is 392 g/mol. The summed E-state index contributed by atoms with van der Waals surface area (Å²) >= 11 is 0. The Morgan fingerprint density at radius 3 is 2.79 bits per heavy atom. The van der Waals surface area contributed by atoms with Crippen LogP contribution in [0.15, 0.2) is 24.3 Å². The molecule has 1 aromatic carbocycles. The minimum absolute atomic E-state index is 0.0931. The third-order valence-corrected chi connectivity index (χ3v) is 4.86. The van der Waals surface area contributed by atoms with Gasteiger partial charge in [-0.25, -0.2) is 9.18 Å². The van der Waals surface area contributed by atoms with Gasteiger partial charge in [-0.2, -0.15) is 0 Å². The van der Waals surface area contributed by atoms with Crippen LogP contribution in [0, 0.1) is 5.82 Å². The molecule has 2 fully saturated rings. The van der Waals surface area contributed by atoms with Gasteiger partial charge in [0.15, 0.2) is 0 Å². The van der Waals surface area contributed by atoms with Crippen LogP contribution in [-0.2, 0) is 20.7 Å². The summed E-state index contributed by atoms with van der Waals surface area (Å²) in [7, 11) is 0. The van der Waals surface area contributed by atoms with Gasteiger partial charge in [0.25, 0.3) is 5.91 Å². The maximum absolute atomic E-state index is 13.2. The number of morpholine rings is 1. The topological polar surface area (TPSA) is 91.0 Å². The fourth-order valence-electron chi connectivity index (χ4n) is 3.30. The maximum Gasteiger partial charge on any atom is 0.324 e. The number of carbonyl (C=O) groups is 3. The summed E-state index contributed by atoms with van der Waals surface area (Å²) in [6, 6.07) is 4.65. The number of hydrogen-bond donors (Lipinski definition) is 2. The van der Waals surface area contributed by atoms with E-state index < -0.39 is 18.0 Å². The Hall–Kier alpha value is -2.52. The number of amides is 4. The molecule has 1 unspecified atom stereocenters. The molecule has 4 amide bonds. The summed E-state index contributed by atoms with van der Waals surface area (Å²) in [6.45, 7) is 4.42. The van der Waals surface area contributed by atoms with Crippen LogP contribution >= 0.6 is 0 Å². The quantitative estimate of drug-likeness (QED) is 0.614. The monoisotopic (exact) mass is 392 g/mol. The van der Waals surface area contributed by atoms with Gasteiger partial charge in [-0.15, -0.1) is 0 Å². The zero-order valence-electron chi connectivity index (χ0n) is 15.7. The van der Waals surface area contributed by atoms with Gasteiger partial charge in [-0.05, 0) is 24.1 Å². The number of hydrogen-bond acceptors (Lipinski definition) is 5. The Kier molecular flexibility index (Phi) is 6.94. The van der Waals surface area contributed by atoms with Crippen LogP contribution in [0.1, 0.15) is 12.0 Å². The van der Waals surface area contributed by atoms with Crippen LogP contribution in [0.3, 0.4) is 0 Å². The van der Waals surface area contributed by atoms with Crippen molar-refractivity contribution in [1.29, 1.82) is 0 Å². The summed E-state index contributed by atoms with van der Waals surface area (Å²) in [5.41, 5.74) is 0.699. The smallest absolute Gasteiger partial charge is 0.324 e. The Labute approximate surface area is 163 Å². The van der Waals surface area contributed by atoms with Crippen molar-refractivity contribution in [2.45, 2.75) is 18.9 Å². The highest BCUT2D eigenvalue weighted by Crippen LogP contribution is 2.12. The van der Waals surface area contributed by atoms with Gasteiger partial charge in [0, 0.05) is 32.7 Å². The third-order valence-electron chi connectivity index (χ3n) is 4.86. The molecule has 0 spiro atoms. The second kappa shape index (κ2) is 9.61. The van der Waals surface area contributed by atoms with E-state index in [9.17, 15) is 18.8 Å². The summed E-state index contributed by atoms with van der Waals surface area (Å²) in [5, 5.41) is 5.33. The molecular weight excluding hydrogens is 367 g/mol. The SMILES string of the molecule is O=C(CC1NC(=O)N(CCc2cccc(F)c2)C1=O)NCCN1CCOCC1. The summed E-state index contributed by atoms with van der Waals surface area (Å²) < 4.78 is 18.5. The van der Waals surface area contributed by atoms with E-state index in [-0.39, 0.29) is 24.7 Å². The van der Waals surface area contributed by atoms with Crippen molar-refractivity contribution in [1.82, 2.24) is 20.4 Å². The standard InChI is InChI=1S/C19H25FN4O4/c20-15-3-1-2-14(12-15)4-6-24-18(26)16(22-19(24)27)13-17(25)21-5-7-23-8-10-28-11-9-23/h1-3,12,16H,4-11,13H2,(H,21,25)(H,22,27). The molecule has 28 heavy (non-hydrogen) atoms. The summed E-state index contributed by atoms with van der Waals surface area (Å²) in [4.78, 5) is 39.9. The van der Waals surface area contributed by atoms with E-state index in [1.54, 1.807) is 12.1 Å². The first-order chi connectivity index (χ1) is 13.5. The van der Waals surface area contributed by atoms with Crippen molar-refractivity contribution in [3.05, 3.63) is 35.6 Å². The zero-order valence-corrected chi connectivity index (χ0v) is 15.7. The first kappa shape index (κ1) is 20.2. The molecule has 1 aromatic rings. The molecule has 152 valence electrons. The lowest BCUT2D eigenvalue weighted by Crippen LogP contribution is -2.42. The van der Waals surface area contributed by atoms with Gasteiger partial charge >= 0.3 is 6.03 Å². The Bertz CT molecular complexity index is 724. The number of imide groups is 1. The highest BCUT2D eigenvalue weighted by molar-refractivity contribution is 6.05. The molecule has 0 aromatic heterocycles. The molecule has 0 bridgehead atoms. The van der Waals surface area contributed by atoms with Crippen LogP contribution in [0.5, 0.6) is 0 Å². The van der Waals surface area contributed by atoms with Gasteiger partial charge in [0.2, 0.25) is 5.91 Å². The molecule has 0 saturated carbocycles. The summed E-state index contributed by atoms with van der Waals surface area (Å²) in [5.74, 6) is -1.06. The number of ether oxygens (including phenoxy) is 1. The Morgan fingerprint density at radius 1 is 1.25 bits per heavy atom. The van der Waals surface area contributed by atoms with Crippen LogP contribution in [-0.4, -0.2) is 79.6 Å². The predicted octanol–water partition coefficient (Wildman–Crippen LogP) is 0.127. The van der Waals surface area contributed by atoms with Crippen molar-refractivity contribution in [2.24, 2.45) is 0 Å². The summed E-state index contributed by atoms with van der Waals surface area (Å²) in [6.07, 6.45) is 0.263. The van der Waals surface area contributed by atoms with E-state index in [4.69, 9.17) is 4.74 Å². The fourth-order valence-corrected chi connectivity index (χ4v) is 3.30. The normalized spacial score (nSPS) is 20.3. The van der Waals surface area contributed by atoms with E-state index >= 15 is 0 Å². The zero-order chi connectivity index (χ0) is 19.9. The molecule has 0 radical (unpaired) electrons. The number of carbonyl (C=O) groups excluding carboxylic acids is 3. The number of urea groups is 1. The van der Waals surface area contributed by atoms with E-state index in [0.29, 0.717) is 31.7 Å². The van der Waals surface area contributed by atoms with Crippen molar-refractivity contribution >= 4 is 17.8 Å². The number of nitrogens with zero attached hydrogens (tertiary/aromatic N) is 2. The lowest BCUT2D eigenvalue weighted by molar-refractivity contribution is -0.130. The van der Waals surface area contributed by atoms with Gasteiger partial charge in [0.05, 0.1) is 19.6 Å². The van der Waals surface area contributed by atoms with E-state index in [1.807, 2.05) is 0 Å². The average Bonchev–Trinajstić information content (AvgIpc) is 2.94. The maximum atomic E-state index is 13.2. The lowest BCUT2D eigenvalue weighted by atomic mass is 10.1. The fraction of sp³-hybridized carbons (Fsp3) is 0.526. The highest BCUT2D eigenvalue weighted by atomic mass is 19.1. The van der Waals surface area contributed by atoms with Crippen LogP contribution < -0.4 is 10.6 Å². The molecular formula is C19H25FN4O4. The molecule has 0 aliphatic carbocycles. The largest absolute Gasteiger partial charge is 0.379 e. The minimum Gasteiger partial charge on any atom is -0.379 e. The van der Waals surface area contributed by atoms with Gasteiger partial charge in [-0.3, -0.25) is 19.4 Å². The van der Waals surface area contributed by atoms with E-state index in [1.165, 1.54) is 12.1 Å². The van der Waals surface area contributed by atoms with Crippen molar-refractivity contribution in [3.63, 3.8) is 0 Å². The van der Waals surface area contributed by atoms with Crippen LogP contribution in [0.2, 0.25) is 0 Å². The van der Waals surface area contributed by atoms with Crippen LogP contribution in [0.4, 0.5) is 9.18 Å². The van der Waals surface area contributed by atoms with Crippen molar-refractivity contribution < 1.29 is 23.5 Å². The number of nitrogens with one attached hydrogen (secondary N) is 2. The molecule has 9 heteroatoms. The van der Waals surface area contributed by atoms with Gasteiger partial charge in [0.1, 0.15) is 11.9 Å². The van der Waals surface area contributed by atoms with Crippen molar-refractivity contribution in [3.8, 4) is 0 Å². The lowest BCUT2D eigenvalue weighted by Gasteiger charge is -2.26. The molecule has 1 atom stereocenters. The van der Waals surface area contributed by atoms with E-state index in [0.717, 1.165) is 24.5 Å². The molecule has 2 aliphatic heterocycles. The van der Waals surface area contributed by atoms with Crippen LogP contribution in [0.25, 0.3) is 0 Å². The Morgan fingerprint density at radius 2 is 2.04 bits per heavy atom. The molecule has 2 saturated heterocycles. The first-order valence-electron chi connectivity index (χ1n) is 9.46. The van der Waals surface area contributed by atoms with Gasteiger partial charge < -0.3 is 15.4 Å². The van der Waals surface area contributed by atoms with E-state index in [2.05, 4.69) is 15.5 Å². The molecule has 2 aliphatic rings. The molecule has 2 N–H and O–H groups in total. The molecule has 2 heterocycles. The second-order valence-electron chi connectivity index (χ2n) is 6.88. The predicted molar refractivity (Wildman–Crippen MR) is 99.0 cm³/mol.